The van der Waals surface area contributed by atoms with Gasteiger partial charge in [-0.3, -0.25) is 19.7 Å². The number of aromatic hydroxyl groups is 1. The molecule has 4 aromatic heterocycles. The number of carbonyl (C=O) groups is 1. The topological polar surface area (TPSA) is 141 Å². The first-order chi connectivity index (χ1) is 35.8. The molecule has 3 aromatic carbocycles. The molecule has 2 unspecified atom stereocenters. The maximum Gasteiger partial charge on any atom is 0.455 e. The molecule has 0 aliphatic carbocycles. The molecule has 2 aliphatic heterocycles. The first-order valence-electron chi connectivity index (χ1n) is 24.3. The fourth-order valence-corrected chi connectivity index (χ4v) is 9.32. The lowest BCUT2D eigenvalue weighted by Gasteiger charge is -2.29. The molecule has 1 radical (unpaired) electrons. The Morgan fingerprint density at radius 1 is 0.726 bits per heavy atom. The second-order valence-corrected chi connectivity index (χ2v) is 17.7. The number of phenols is 1. The molecular formula is C58H56BFN9O4. The van der Waals surface area contributed by atoms with E-state index < -0.39 is 6.04 Å². The monoisotopic (exact) mass is 972 g/mol. The number of rotatable bonds is 21. The Bertz CT molecular complexity index is 3020. The second-order valence-electron chi connectivity index (χ2n) is 17.7. The number of ether oxygens (including phenoxy) is 2. The summed E-state index contributed by atoms with van der Waals surface area (Å²) in [5, 5.41) is 15.5. The Labute approximate surface area is 426 Å². The Morgan fingerprint density at radius 3 is 1.90 bits per heavy atom. The minimum absolute atomic E-state index is 0.115. The van der Waals surface area contributed by atoms with E-state index in [0.29, 0.717) is 70.1 Å². The van der Waals surface area contributed by atoms with Crippen LogP contribution in [0.2, 0.25) is 0 Å². The SMILES string of the molecule is COc1ccc(C2=N/C(=C(/C=C/C(=O)NCCc3cc(CN(Cc4ccccn4)c4ccccn4)c(O)c(N(Cc4ccccn4)Cc4ccccn4)c3)C3CCC(c4ccc(OC)cc4)N3[B]F)C=C2)cc1. The van der Waals surface area contributed by atoms with Gasteiger partial charge in [0.05, 0.1) is 68.0 Å². The van der Waals surface area contributed by atoms with Crippen LogP contribution < -0.4 is 24.6 Å². The summed E-state index contributed by atoms with van der Waals surface area (Å²) in [6.07, 6.45) is 15.9. The van der Waals surface area contributed by atoms with Crippen molar-refractivity contribution in [3.05, 3.63) is 233 Å². The van der Waals surface area contributed by atoms with Gasteiger partial charge in [-0.05, 0) is 145 Å². The maximum atomic E-state index is 15.2. The summed E-state index contributed by atoms with van der Waals surface area (Å²) < 4.78 is 25.9. The normalized spacial score (nSPS) is 16.0. The van der Waals surface area contributed by atoms with Crippen LogP contribution in [0, 0.1) is 0 Å². The standard InChI is InChI=1S/C58H56BFN9O4/c1-72-48-19-15-42(16-20-48)51-24-25-52(66-51)50(54-27-26-53(69(54)59-60)43-17-21-49(73-2)22-18-43)23-28-57(70)65-34-29-41-35-44(37-68(56-14-6-10-33-64-56)40-47-13-5-9-32-63-47)58(71)55(36-41)67(38-45-11-3-7-30-61-45)39-46-12-4-8-31-62-46/h3-25,28,30-33,35-36,53-54,71H,26-27,29,34,37-40H2,1-2H3,(H,65,70)/b28-23+,52-50-. The quantitative estimate of drug-likeness (QED) is 0.0526. The van der Waals surface area contributed by atoms with E-state index in [1.54, 1.807) is 49.9 Å². The summed E-state index contributed by atoms with van der Waals surface area (Å²) >= 11 is 0. The van der Waals surface area contributed by atoms with Crippen LogP contribution >= 0.6 is 0 Å². The zero-order valence-electron chi connectivity index (χ0n) is 40.8. The fraction of sp³-hybridized carbons (Fsp3) is 0.207. The van der Waals surface area contributed by atoms with Gasteiger partial charge in [-0.25, -0.2) is 9.98 Å². The lowest BCUT2D eigenvalue weighted by molar-refractivity contribution is -0.116. The van der Waals surface area contributed by atoms with Crippen molar-refractivity contribution in [2.75, 3.05) is 30.6 Å². The zero-order valence-corrected chi connectivity index (χ0v) is 40.8. The van der Waals surface area contributed by atoms with Crippen LogP contribution in [0.3, 0.4) is 0 Å². The number of halogens is 1. The van der Waals surface area contributed by atoms with Gasteiger partial charge in [0.15, 0.2) is 0 Å². The largest absolute Gasteiger partial charge is 0.505 e. The number of pyridine rings is 4. The van der Waals surface area contributed by atoms with E-state index in [0.717, 1.165) is 62.4 Å². The van der Waals surface area contributed by atoms with Gasteiger partial charge >= 0.3 is 7.69 Å². The maximum absolute atomic E-state index is 15.2. The highest BCUT2D eigenvalue weighted by Crippen LogP contribution is 2.41. The third-order valence-corrected chi connectivity index (χ3v) is 13.0. The van der Waals surface area contributed by atoms with Crippen molar-refractivity contribution in [1.29, 1.82) is 0 Å². The van der Waals surface area contributed by atoms with Gasteiger partial charge < -0.3 is 38.8 Å². The molecule has 15 heteroatoms. The van der Waals surface area contributed by atoms with Crippen molar-refractivity contribution in [2.45, 2.75) is 57.5 Å². The molecule has 367 valence electrons. The molecule has 1 fully saturated rings. The van der Waals surface area contributed by atoms with Crippen molar-refractivity contribution in [3.63, 3.8) is 0 Å². The number of aromatic nitrogens is 4. The van der Waals surface area contributed by atoms with E-state index in [1.807, 2.05) is 146 Å². The number of hydrogen-bond acceptors (Lipinski definition) is 12. The van der Waals surface area contributed by atoms with Crippen LogP contribution in [0.25, 0.3) is 0 Å². The number of nitrogens with one attached hydrogen (secondary N) is 1. The van der Waals surface area contributed by atoms with Gasteiger partial charge in [-0.1, -0.05) is 42.5 Å². The van der Waals surface area contributed by atoms with E-state index in [1.165, 1.54) is 6.08 Å². The molecule has 2 aliphatic rings. The minimum Gasteiger partial charge on any atom is -0.505 e. The van der Waals surface area contributed by atoms with Crippen LogP contribution in [0.15, 0.2) is 199 Å². The molecule has 2 atom stereocenters. The molecule has 9 rings (SSSR count). The van der Waals surface area contributed by atoms with Crippen molar-refractivity contribution < 1.29 is 23.7 Å². The molecular weight excluding hydrogens is 917 g/mol. The van der Waals surface area contributed by atoms with E-state index in [4.69, 9.17) is 14.5 Å². The third-order valence-electron chi connectivity index (χ3n) is 13.0. The molecule has 7 aromatic rings. The Hall–Kier alpha value is -8.43. The molecule has 2 N–H and O–H groups in total. The molecule has 6 heterocycles. The number of hydrogen-bond donors (Lipinski definition) is 2. The first kappa shape index (κ1) is 49.6. The van der Waals surface area contributed by atoms with Crippen LogP contribution in [0.4, 0.5) is 15.8 Å². The van der Waals surface area contributed by atoms with E-state index in [9.17, 15) is 9.90 Å². The van der Waals surface area contributed by atoms with Crippen LogP contribution in [-0.4, -0.2) is 76.0 Å². The lowest BCUT2D eigenvalue weighted by atomic mass is 9.98. The van der Waals surface area contributed by atoms with Crippen molar-refractivity contribution in [2.24, 2.45) is 4.99 Å². The minimum atomic E-state index is -0.406. The van der Waals surface area contributed by atoms with E-state index >= 15 is 4.32 Å². The van der Waals surface area contributed by atoms with Gasteiger partial charge in [0.25, 0.3) is 0 Å². The van der Waals surface area contributed by atoms with Gasteiger partial charge in [0.1, 0.15) is 23.1 Å². The number of allylic oxidation sites excluding steroid dienone is 2. The number of carbonyl (C=O) groups excluding carboxylic acids is 1. The second kappa shape index (κ2) is 24.1. The van der Waals surface area contributed by atoms with Crippen molar-refractivity contribution in [1.82, 2.24) is 30.1 Å². The average molecular weight is 973 g/mol. The third kappa shape index (κ3) is 12.6. The predicted molar refractivity (Wildman–Crippen MR) is 284 cm³/mol. The number of nitrogens with zero attached hydrogens (tertiary/aromatic N) is 8. The number of benzene rings is 3. The van der Waals surface area contributed by atoms with Gasteiger partial charge in [0.2, 0.25) is 5.91 Å². The van der Waals surface area contributed by atoms with Gasteiger partial charge in [-0.15, -0.1) is 0 Å². The van der Waals surface area contributed by atoms with Gasteiger partial charge in [-0.2, -0.15) is 0 Å². The summed E-state index contributed by atoms with van der Waals surface area (Å²) in [4.78, 5) is 43.4. The molecule has 0 bridgehead atoms. The highest BCUT2D eigenvalue weighted by atomic mass is 19.1. The van der Waals surface area contributed by atoms with Crippen LogP contribution in [-0.2, 0) is 37.4 Å². The summed E-state index contributed by atoms with van der Waals surface area (Å²) in [5.41, 5.74) is 8.63. The number of aliphatic imine (C=N–C) groups is 1. The Balaban J connectivity index is 1.00. The van der Waals surface area contributed by atoms with Crippen molar-refractivity contribution >= 4 is 30.8 Å². The summed E-state index contributed by atoms with van der Waals surface area (Å²) in [7, 11) is 3.89. The number of anilines is 2. The average Bonchev–Trinajstić information content (AvgIpc) is 4.11. The molecule has 1 saturated heterocycles. The lowest BCUT2D eigenvalue weighted by Crippen LogP contribution is -2.34. The number of methoxy groups -OCH3 is 2. The zero-order chi connectivity index (χ0) is 50.4. The molecule has 0 saturated carbocycles. The highest BCUT2D eigenvalue weighted by molar-refractivity contribution is 6.23. The summed E-state index contributed by atoms with van der Waals surface area (Å²) in [6.45, 7) is 1.82. The smallest absolute Gasteiger partial charge is 0.455 e. The molecule has 13 nitrogen and oxygen atoms in total. The van der Waals surface area contributed by atoms with Crippen LogP contribution in [0.5, 0.6) is 17.2 Å². The number of phenolic OH excluding ortho intramolecular Hbond substituents is 1. The van der Waals surface area contributed by atoms with Crippen molar-refractivity contribution in [3.8, 4) is 17.2 Å². The Morgan fingerprint density at radius 2 is 1.33 bits per heavy atom. The first-order valence-corrected chi connectivity index (χ1v) is 24.3. The number of amides is 1. The van der Waals surface area contributed by atoms with Crippen LogP contribution in [0.1, 0.15) is 58.2 Å². The highest BCUT2D eigenvalue weighted by Gasteiger charge is 2.38. The Kier molecular flexibility index (Phi) is 16.4. The predicted octanol–water partition coefficient (Wildman–Crippen LogP) is 9.64. The summed E-state index contributed by atoms with van der Waals surface area (Å²) in [6, 6.07) is 41.8. The van der Waals surface area contributed by atoms with E-state index in [2.05, 4.69) is 35.1 Å². The molecule has 73 heavy (non-hydrogen) atoms. The molecule has 1 amide bonds. The van der Waals surface area contributed by atoms with E-state index in [-0.39, 0.29) is 24.2 Å². The summed E-state index contributed by atoms with van der Waals surface area (Å²) in [5.74, 6) is 1.98. The molecule has 0 spiro atoms. The van der Waals surface area contributed by atoms with Gasteiger partial charge in [0, 0.05) is 67.2 Å². The fourth-order valence-electron chi connectivity index (χ4n) is 9.32.